The molecule has 0 saturated carbocycles. The van der Waals surface area contributed by atoms with Crippen molar-refractivity contribution in [3.8, 4) is 0 Å². The van der Waals surface area contributed by atoms with Gasteiger partial charge in [-0.2, -0.15) is 0 Å². The lowest BCUT2D eigenvalue weighted by Gasteiger charge is -2.31. The van der Waals surface area contributed by atoms with Crippen LogP contribution in [0.1, 0.15) is 29.3 Å². The third kappa shape index (κ3) is 7.60. The Morgan fingerprint density at radius 2 is 1.97 bits per heavy atom. The van der Waals surface area contributed by atoms with Crippen molar-refractivity contribution in [3.63, 3.8) is 0 Å². The number of benzene rings is 1. The summed E-state index contributed by atoms with van der Waals surface area (Å²) in [7, 11) is 0. The smallest absolute Gasteiger partial charge is 0.339 e. The predicted molar refractivity (Wildman–Crippen MR) is 129 cm³/mol. The molecule has 12 heteroatoms. The fourth-order valence-corrected chi connectivity index (χ4v) is 3.92. The maximum Gasteiger partial charge on any atom is 0.339 e. The standard InChI is InChI=1S/C25H32N2O10/c1-15(30)21(24(32)26-7-8-28)27-23(31)17-12-19-22(36-14-35-19)20(13-17)37-25(33)18-5-3-2-4-16(18)6-10-34-11-9-29/h2-6,10,12,15,19-22,28-30H,7-9,11,13-14H2,1H3,(H,26,32)(H,27,31)/t15-,19+,20+,21+,22+/m0/s1. The van der Waals surface area contributed by atoms with Crippen LogP contribution in [0.2, 0.25) is 0 Å². The first-order chi connectivity index (χ1) is 17.8. The maximum atomic E-state index is 13.1. The first-order valence-electron chi connectivity index (χ1n) is 11.9. The molecule has 2 aliphatic rings. The van der Waals surface area contributed by atoms with Crippen molar-refractivity contribution in [1.29, 1.82) is 0 Å². The Bertz CT molecular complexity index is 1010. The van der Waals surface area contributed by atoms with Crippen molar-refractivity contribution in [2.75, 3.05) is 33.2 Å². The van der Waals surface area contributed by atoms with Crippen LogP contribution in [0, 0.1) is 0 Å². The molecular formula is C25H32N2O10. The lowest BCUT2D eigenvalue weighted by Crippen LogP contribution is -2.54. The molecule has 0 unspecified atom stereocenters. The Hall–Kier alpha value is -3.29. The molecule has 12 nitrogen and oxygen atoms in total. The van der Waals surface area contributed by atoms with Gasteiger partial charge in [0, 0.05) is 18.5 Å². The molecule has 3 rings (SSSR count). The summed E-state index contributed by atoms with van der Waals surface area (Å²) in [5.74, 6) is -1.93. The number of esters is 1. The van der Waals surface area contributed by atoms with Crippen LogP contribution < -0.4 is 10.6 Å². The van der Waals surface area contributed by atoms with Gasteiger partial charge in [0.25, 0.3) is 0 Å². The molecule has 1 aliphatic carbocycles. The highest BCUT2D eigenvalue weighted by molar-refractivity contribution is 5.98. The molecule has 2 amide bonds. The minimum absolute atomic E-state index is 0.00942. The van der Waals surface area contributed by atoms with Crippen LogP contribution in [-0.2, 0) is 28.5 Å². The monoisotopic (exact) mass is 520 g/mol. The molecular weight excluding hydrogens is 488 g/mol. The molecule has 1 fully saturated rings. The molecule has 1 aromatic rings. The van der Waals surface area contributed by atoms with E-state index in [4.69, 9.17) is 29.2 Å². The van der Waals surface area contributed by atoms with Crippen molar-refractivity contribution in [2.45, 2.75) is 43.8 Å². The molecule has 5 atom stereocenters. The number of carbonyl (C=O) groups is 3. The molecule has 0 bridgehead atoms. The van der Waals surface area contributed by atoms with Gasteiger partial charge >= 0.3 is 5.97 Å². The number of hydrogen-bond donors (Lipinski definition) is 5. The van der Waals surface area contributed by atoms with Crippen LogP contribution >= 0.6 is 0 Å². The summed E-state index contributed by atoms with van der Waals surface area (Å²) in [6.07, 6.45) is 1.14. The van der Waals surface area contributed by atoms with Gasteiger partial charge in [-0.15, -0.1) is 0 Å². The Balaban J connectivity index is 1.73. The minimum Gasteiger partial charge on any atom is -0.499 e. The highest BCUT2D eigenvalue weighted by atomic mass is 16.7. The molecule has 202 valence electrons. The van der Waals surface area contributed by atoms with E-state index >= 15 is 0 Å². The lowest BCUT2D eigenvalue weighted by molar-refractivity contribution is -0.130. The minimum atomic E-state index is -1.26. The van der Waals surface area contributed by atoms with Gasteiger partial charge in [0.2, 0.25) is 11.8 Å². The summed E-state index contributed by atoms with van der Waals surface area (Å²) in [5, 5.41) is 32.6. The Labute approximate surface area is 213 Å². The molecule has 1 heterocycles. The van der Waals surface area contributed by atoms with Crippen molar-refractivity contribution in [1.82, 2.24) is 10.6 Å². The van der Waals surface area contributed by atoms with E-state index in [1.807, 2.05) is 0 Å². The van der Waals surface area contributed by atoms with E-state index < -0.39 is 48.2 Å². The zero-order chi connectivity index (χ0) is 26.8. The van der Waals surface area contributed by atoms with Gasteiger partial charge in [0.15, 0.2) is 0 Å². The van der Waals surface area contributed by atoms with E-state index in [1.54, 1.807) is 36.4 Å². The number of ether oxygens (including phenoxy) is 4. The summed E-state index contributed by atoms with van der Waals surface area (Å²) >= 11 is 0. The molecule has 1 aliphatic heterocycles. The van der Waals surface area contributed by atoms with Gasteiger partial charge in [-0.05, 0) is 30.7 Å². The Morgan fingerprint density at radius 3 is 2.70 bits per heavy atom. The molecule has 0 aromatic heterocycles. The number of aliphatic hydroxyl groups is 3. The van der Waals surface area contributed by atoms with Crippen molar-refractivity contribution < 1.29 is 48.7 Å². The maximum absolute atomic E-state index is 13.1. The topological polar surface area (TPSA) is 173 Å². The summed E-state index contributed by atoms with van der Waals surface area (Å²) in [5.41, 5.74) is 0.997. The van der Waals surface area contributed by atoms with Crippen molar-refractivity contribution in [3.05, 3.63) is 53.3 Å². The summed E-state index contributed by atoms with van der Waals surface area (Å²) in [4.78, 5) is 38.4. The van der Waals surface area contributed by atoms with Gasteiger partial charge in [-0.3, -0.25) is 9.59 Å². The SMILES string of the molecule is C[C@H](O)[C@@H](NC(=O)C1=C[C@H]2OCO[C@H]2[C@H](OC(=O)c2ccccc2C=COCCO)C1)C(=O)NCCO. The average molecular weight is 521 g/mol. The highest BCUT2D eigenvalue weighted by Crippen LogP contribution is 2.31. The third-order valence-electron chi connectivity index (χ3n) is 5.74. The number of carbonyl (C=O) groups excluding carboxylic acids is 3. The van der Waals surface area contributed by atoms with Gasteiger partial charge < -0.3 is 44.9 Å². The zero-order valence-electron chi connectivity index (χ0n) is 20.4. The largest absolute Gasteiger partial charge is 0.499 e. The Kier molecular flexibility index (Phi) is 10.6. The quantitative estimate of drug-likeness (QED) is 0.134. The van der Waals surface area contributed by atoms with Gasteiger partial charge in [0.05, 0.1) is 31.1 Å². The molecule has 0 spiro atoms. The normalized spacial score (nSPS) is 22.5. The van der Waals surface area contributed by atoms with Crippen LogP contribution in [0.25, 0.3) is 6.08 Å². The van der Waals surface area contributed by atoms with Gasteiger partial charge in [-0.25, -0.2) is 4.79 Å². The van der Waals surface area contributed by atoms with E-state index in [-0.39, 0.29) is 50.7 Å². The second-order valence-electron chi connectivity index (χ2n) is 8.41. The number of hydrogen-bond acceptors (Lipinski definition) is 10. The fraction of sp³-hybridized carbons (Fsp3) is 0.480. The van der Waals surface area contributed by atoms with Gasteiger partial charge in [0.1, 0.15) is 37.8 Å². The number of aliphatic hydroxyl groups excluding tert-OH is 3. The second kappa shape index (κ2) is 13.9. The highest BCUT2D eigenvalue weighted by Gasteiger charge is 2.43. The average Bonchev–Trinajstić information content (AvgIpc) is 3.37. The van der Waals surface area contributed by atoms with Crippen LogP contribution in [0.5, 0.6) is 0 Å². The number of rotatable bonds is 12. The summed E-state index contributed by atoms with van der Waals surface area (Å²) in [6, 6.07) is 5.45. The van der Waals surface area contributed by atoms with E-state index in [0.29, 0.717) is 5.56 Å². The zero-order valence-corrected chi connectivity index (χ0v) is 20.4. The molecule has 5 N–H and O–H groups in total. The summed E-state index contributed by atoms with van der Waals surface area (Å²) in [6.45, 7) is 0.957. The fourth-order valence-electron chi connectivity index (χ4n) is 3.92. The van der Waals surface area contributed by atoms with Crippen molar-refractivity contribution in [2.24, 2.45) is 0 Å². The number of amides is 2. The molecule has 37 heavy (non-hydrogen) atoms. The molecule has 1 aromatic carbocycles. The predicted octanol–water partition coefficient (Wildman–Crippen LogP) is -0.763. The van der Waals surface area contributed by atoms with Crippen LogP contribution in [-0.4, -0.2) is 96.7 Å². The Morgan fingerprint density at radius 1 is 1.19 bits per heavy atom. The lowest BCUT2D eigenvalue weighted by atomic mass is 9.91. The third-order valence-corrected chi connectivity index (χ3v) is 5.74. The first kappa shape index (κ1) is 28.3. The van der Waals surface area contributed by atoms with E-state index in [0.717, 1.165) is 0 Å². The first-order valence-corrected chi connectivity index (χ1v) is 11.9. The van der Waals surface area contributed by atoms with Crippen molar-refractivity contribution >= 4 is 23.9 Å². The van der Waals surface area contributed by atoms with Gasteiger partial charge in [-0.1, -0.05) is 18.2 Å². The second-order valence-corrected chi connectivity index (χ2v) is 8.41. The van der Waals surface area contributed by atoms with E-state index in [1.165, 1.54) is 13.2 Å². The number of fused-ring (bicyclic) bond motifs is 1. The van der Waals surface area contributed by atoms with E-state index in [9.17, 15) is 19.5 Å². The molecule has 0 radical (unpaired) electrons. The summed E-state index contributed by atoms with van der Waals surface area (Å²) < 4.78 is 22.0. The number of nitrogens with one attached hydrogen (secondary N) is 2. The molecule has 1 saturated heterocycles. The van der Waals surface area contributed by atoms with Crippen LogP contribution in [0.15, 0.2) is 42.2 Å². The van der Waals surface area contributed by atoms with Crippen LogP contribution in [0.3, 0.4) is 0 Å². The van der Waals surface area contributed by atoms with E-state index in [2.05, 4.69) is 10.6 Å². The van der Waals surface area contributed by atoms with Crippen LogP contribution in [0.4, 0.5) is 0 Å².